The molecule has 1 amide bonds. The van der Waals surface area contributed by atoms with E-state index in [-0.39, 0.29) is 22.9 Å². The molecule has 0 fully saturated rings. The zero-order chi connectivity index (χ0) is 23.8. The minimum atomic E-state index is -0.309. The zero-order valence-corrected chi connectivity index (χ0v) is 19.8. The van der Waals surface area contributed by atoms with Crippen molar-refractivity contribution in [2.45, 2.75) is 25.5 Å². The Kier molecular flexibility index (Phi) is 5.66. The quantitative estimate of drug-likeness (QED) is 0.379. The first-order valence-electron chi connectivity index (χ1n) is 10.9. The fraction of sp³-hybridized carbons (Fsp3) is 0.208. The van der Waals surface area contributed by atoms with Gasteiger partial charge in [0.05, 0.1) is 22.7 Å². The molecule has 5 aromatic rings. The Balaban J connectivity index is 1.36. The first kappa shape index (κ1) is 21.9. The summed E-state index contributed by atoms with van der Waals surface area (Å²) in [6.45, 7) is 4.60. The number of rotatable bonds is 6. The fourth-order valence-corrected chi connectivity index (χ4v) is 4.67. The van der Waals surface area contributed by atoms with Gasteiger partial charge in [-0.15, -0.1) is 10.2 Å². The molecule has 0 aliphatic heterocycles. The first-order chi connectivity index (χ1) is 16.5. The Morgan fingerprint density at radius 1 is 1.06 bits per heavy atom. The highest BCUT2D eigenvalue weighted by molar-refractivity contribution is 7.99. The number of nitrogens with one attached hydrogen (secondary N) is 1. The third kappa shape index (κ3) is 3.65. The molecule has 0 saturated heterocycles. The van der Waals surface area contributed by atoms with Crippen molar-refractivity contribution in [3.05, 3.63) is 70.6 Å². The molecule has 172 valence electrons. The van der Waals surface area contributed by atoms with Crippen molar-refractivity contribution in [3.8, 4) is 5.69 Å². The summed E-state index contributed by atoms with van der Waals surface area (Å²) in [7, 11) is 1.79. The number of amides is 1. The van der Waals surface area contributed by atoms with E-state index in [1.54, 1.807) is 18.7 Å². The van der Waals surface area contributed by atoms with Crippen LogP contribution in [0, 0.1) is 6.92 Å². The van der Waals surface area contributed by atoms with Gasteiger partial charge in [0.15, 0.2) is 5.65 Å². The van der Waals surface area contributed by atoms with Gasteiger partial charge in [0, 0.05) is 19.0 Å². The van der Waals surface area contributed by atoms with E-state index in [2.05, 4.69) is 32.0 Å². The SMILES string of the molecule is CCn1c2ccccc2c2nnc(SCC(=O)Nc3c(C)n(C)n(-c4ccccc4)c3=O)nc21. The van der Waals surface area contributed by atoms with E-state index in [4.69, 9.17) is 0 Å². The average Bonchev–Trinajstić information content (AvgIpc) is 3.29. The molecule has 0 atom stereocenters. The lowest BCUT2D eigenvalue weighted by Crippen LogP contribution is -2.23. The zero-order valence-electron chi connectivity index (χ0n) is 19.0. The summed E-state index contributed by atoms with van der Waals surface area (Å²) < 4.78 is 5.34. The Hall–Kier alpha value is -3.92. The highest BCUT2D eigenvalue weighted by Crippen LogP contribution is 2.27. The number of thioether (sulfide) groups is 1. The summed E-state index contributed by atoms with van der Waals surface area (Å²) in [5, 5.41) is 12.8. The van der Waals surface area contributed by atoms with Crippen molar-refractivity contribution in [3.63, 3.8) is 0 Å². The van der Waals surface area contributed by atoms with E-state index < -0.39 is 0 Å². The fourth-order valence-electron chi connectivity index (χ4n) is 4.09. The van der Waals surface area contributed by atoms with E-state index in [1.807, 2.05) is 54.6 Å². The molecule has 3 aromatic heterocycles. The molecule has 34 heavy (non-hydrogen) atoms. The lowest BCUT2D eigenvalue weighted by Gasteiger charge is -2.07. The van der Waals surface area contributed by atoms with E-state index in [0.717, 1.165) is 34.3 Å². The van der Waals surface area contributed by atoms with Crippen LogP contribution in [0.4, 0.5) is 5.69 Å². The van der Waals surface area contributed by atoms with Crippen LogP contribution in [0.3, 0.4) is 0 Å². The van der Waals surface area contributed by atoms with Gasteiger partial charge in [-0.1, -0.05) is 48.2 Å². The number of nitrogens with zero attached hydrogens (tertiary/aromatic N) is 6. The van der Waals surface area contributed by atoms with Gasteiger partial charge in [-0.25, -0.2) is 9.67 Å². The summed E-state index contributed by atoms with van der Waals surface area (Å²) in [4.78, 5) is 30.4. The Morgan fingerprint density at radius 2 is 1.79 bits per heavy atom. The van der Waals surface area contributed by atoms with Crippen molar-refractivity contribution in [2.75, 3.05) is 11.1 Å². The van der Waals surface area contributed by atoms with Gasteiger partial charge in [-0.2, -0.15) is 0 Å². The smallest absolute Gasteiger partial charge is 0.295 e. The van der Waals surface area contributed by atoms with Crippen molar-refractivity contribution in [1.29, 1.82) is 0 Å². The molecule has 0 bridgehead atoms. The second-order valence-corrected chi connectivity index (χ2v) is 8.74. The first-order valence-corrected chi connectivity index (χ1v) is 11.9. The third-order valence-corrected chi connectivity index (χ3v) is 6.66. The van der Waals surface area contributed by atoms with Crippen LogP contribution in [0.5, 0.6) is 0 Å². The molecule has 5 rings (SSSR count). The van der Waals surface area contributed by atoms with Gasteiger partial charge in [-0.3, -0.25) is 14.3 Å². The molecule has 2 aromatic carbocycles. The molecule has 1 N–H and O–H groups in total. The normalized spacial score (nSPS) is 11.4. The second-order valence-electron chi connectivity index (χ2n) is 7.80. The molecule has 0 unspecified atom stereocenters. The van der Waals surface area contributed by atoms with Gasteiger partial charge in [0.2, 0.25) is 11.1 Å². The number of aryl methyl sites for hydroxylation is 1. The third-order valence-electron chi connectivity index (χ3n) is 5.82. The van der Waals surface area contributed by atoms with Gasteiger partial charge in [-0.05, 0) is 32.0 Å². The summed E-state index contributed by atoms with van der Waals surface area (Å²) >= 11 is 1.19. The highest BCUT2D eigenvalue weighted by atomic mass is 32.2. The summed E-state index contributed by atoms with van der Waals surface area (Å²) in [5.74, 6) is -0.255. The van der Waals surface area contributed by atoms with Crippen LogP contribution in [-0.4, -0.2) is 40.8 Å². The van der Waals surface area contributed by atoms with E-state index in [1.165, 1.54) is 16.4 Å². The number of carbonyl (C=O) groups excluding carboxylic acids is 1. The summed E-state index contributed by atoms with van der Waals surface area (Å²) in [5.41, 5.74) is 3.91. The van der Waals surface area contributed by atoms with Gasteiger partial charge < -0.3 is 9.88 Å². The maximum absolute atomic E-state index is 13.0. The Morgan fingerprint density at radius 3 is 2.56 bits per heavy atom. The van der Waals surface area contributed by atoms with Crippen LogP contribution in [0.1, 0.15) is 12.6 Å². The van der Waals surface area contributed by atoms with Crippen LogP contribution in [0.25, 0.3) is 27.8 Å². The van der Waals surface area contributed by atoms with Crippen LogP contribution >= 0.6 is 11.8 Å². The molecule has 0 saturated carbocycles. The van der Waals surface area contributed by atoms with Crippen LogP contribution in [0.2, 0.25) is 0 Å². The number of anilines is 1. The summed E-state index contributed by atoms with van der Waals surface area (Å²) in [6.07, 6.45) is 0. The van der Waals surface area contributed by atoms with Crippen molar-refractivity contribution in [1.82, 2.24) is 29.1 Å². The van der Waals surface area contributed by atoms with Crippen molar-refractivity contribution in [2.24, 2.45) is 7.05 Å². The maximum atomic E-state index is 13.0. The Labute approximate surface area is 199 Å². The lowest BCUT2D eigenvalue weighted by molar-refractivity contribution is -0.113. The number of aromatic nitrogens is 6. The second kappa shape index (κ2) is 8.79. The molecule has 0 spiro atoms. The Bertz CT molecular complexity index is 1580. The standard InChI is InChI=1S/C24H23N7O2S/c1-4-30-18-13-9-8-12-17(18)21-22(30)26-24(28-27-21)34-14-19(32)25-20-15(2)29(3)31(23(20)33)16-10-6-5-7-11-16/h5-13H,4,14H2,1-3H3,(H,25,32). The molecular weight excluding hydrogens is 450 g/mol. The van der Waals surface area contributed by atoms with Gasteiger partial charge in [0.25, 0.3) is 5.56 Å². The number of fused-ring (bicyclic) bond motifs is 3. The molecule has 10 heteroatoms. The molecule has 0 aliphatic carbocycles. The van der Waals surface area contributed by atoms with E-state index in [9.17, 15) is 9.59 Å². The maximum Gasteiger partial charge on any atom is 0.295 e. The minimum absolute atomic E-state index is 0.0542. The lowest BCUT2D eigenvalue weighted by atomic mass is 10.2. The van der Waals surface area contributed by atoms with Gasteiger partial charge >= 0.3 is 0 Å². The predicted octanol–water partition coefficient (Wildman–Crippen LogP) is 3.53. The topological polar surface area (TPSA) is 99.6 Å². The molecular formula is C24H23N7O2S. The summed E-state index contributed by atoms with van der Waals surface area (Å²) in [6, 6.07) is 17.3. The largest absolute Gasteiger partial charge is 0.324 e. The predicted molar refractivity (Wildman–Crippen MR) is 134 cm³/mol. The monoisotopic (exact) mass is 473 g/mol. The molecule has 3 heterocycles. The number of hydrogen-bond donors (Lipinski definition) is 1. The molecule has 9 nitrogen and oxygen atoms in total. The average molecular weight is 474 g/mol. The number of hydrogen-bond acceptors (Lipinski definition) is 6. The van der Waals surface area contributed by atoms with Crippen molar-refractivity contribution < 1.29 is 4.79 Å². The number of para-hydroxylation sites is 2. The highest BCUT2D eigenvalue weighted by Gasteiger charge is 2.19. The van der Waals surface area contributed by atoms with Gasteiger partial charge in [0.1, 0.15) is 11.2 Å². The molecule has 0 radical (unpaired) electrons. The van der Waals surface area contributed by atoms with Crippen LogP contribution in [-0.2, 0) is 18.4 Å². The van der Waals surface area contributed by atoms with E-state index in [0.29, 0.717) is 10.9 Å². The van der Waals surface area contributed by atoms with E-state index >= 15 is 0 Å². The minimum Gasteiger partial charge on any atom is -0.324 e. The number of benzene rings is 2. The van der Waals surface area contributed by atoms with Crippen LogP contribution < -0.4 is 10.9 Å². The van der Waals surface area contributed by atoms with Crippen molar-refractivity contribution >= 4 is 45.4 Å². The number of carbonyl (C=O) groups is 1. The van der Waals surface area contributed by atoms with Crippen LogP contribution in [0.15, 0.2) is 64.5 Å². The molecule has 0 aliphatic rings.